The van der Waals surface area contributed by atoms with Gasteiger partial charge in [0.15, 0.2) is 5.82 Å². The number of piperidine rings is 2. The number of methoxy groups -OCH3 is 1. The summed E-state index contributed by atoms with van der Waals surface area (Å²) in [5, 5.41) is 9.89. The van der Waals surface area contributed by atoms with E-state index in [0.29, 0.717) is 70.3 Å². The molecule has 4 aromatic rings. The lowest BCUT2D eigenvalue weighted by atomic mass is 10.0. The molecule has 18 heteroatoms. The number of hydrogen-bond donors (Lipinski definition) is 3. The molecular weight excluding hydrogens is 837 g/mol. The number of nitrogens with one attached hydrogen (secondary N) is 3. The van der Waals surface area contributed by atoms with Gasteiger partial charge >= 0.3 is 0 Å². The van der Waals surface area contributed by atoms with E-state index < -0.39 is 19.1 Å². The monoisotopic (exact) mass is 885 g/mol. The van der Waals surface area contributed by atoms with E-state index >= 15 is 0 Å². The molecule has 1 unspecified atom stereocenters. The van der Waals surface area contributed by atoms with Gasteiger partial charge in [0.05, 0.1) is 30.4 Å². The molecule has 4 aliphatic rings. The zero-order valence-corrected chi connectivity index (χ0v) is 36.8. The van der Waals surface area contributed by atoms with Crippen molar-refractivity contribution in [2.24, 2.45) is 0 Å². The van der Waals surface area contributed by atoms with Crippen molar-refractivity contribution in [2.45, 2.75) is 49.2 Å². The number of ether oxygens (including phenoxy) is 1. The summed E-state index contributed by atoms with van der Waals surface area (Å²) in [6.07, 6.45) is 4.04. The van der Waals surface area contributed by atoms with Gasteiger partial charge in [0.1, 0.15) is 24.0 Å². The summed E-state index contributed by atoms with van der Waals surface area (Å²) in [5.74, 6) is 0.728. The first-order valence-corrected chi connectivity index (χ1v) is 24.4. The number of imide groups is 1. The van der Waals surface area contributed by atoms with Crippen LogP contribution in [0.25, 0.3) is 0 Å². The Hall–Kier alpha value is -5.15. The van der Waals surface area contributed by atoms with Crippen molar-refractivity contribution in [3.05, 3.63) is 83.0 Å². The maximum Gasteiger partial charge on any atom is 0.255 e. The van der Waals surface area contributed by atoms with Crippen LogP contribution in [0.1, 0.15) is 41.6 Å². The lowest BCUT2D eigenvalue weighted by Crippen LogP contribution is -2.54. The summed E-state index contributed by atoms with van der Waals surface area (Å²) in [4.78, 5) is 69.0. The van der Waals surface area contributed by atoms with Gasteiger partial charge in [0.2, 0.25) is 23.7 Å². The van der Waals surface area contributed by atoms with Crippen molar-refractivity contribution < 1.29 is 28.5 Å². The molecule has 4 amide bonds. The highest BCUT2D eigenvalue weighted by molar-refractivity contribution is 8.00. The number of piperazine rings is 1. The number of rotatable bonds is 12. The largest absolute Gasteiger partial charge is 0.494 e. The van der Waals surface area contributed by atoms with Crippen LogP contribution in [0.3, 0.4) is 0 Å². The Bertz CT molecular complexity index is 2400. The Morgan fingerprint density at radius 1 is 0.951 bits per heavy atom. The molecule has 0 bridgehead atoms. The SMILES string of the molecule is COc1cc(N2CCC(N3CCN(C(=O)CSc4cccc5c4CN(C4CCC(=O)NC4=O)C5=O)CC3)CC2)ccc1Nc1ncc(Cl)c(Nc2ccccc2P(C)(C)=O)n1. The van der Waals surface area contributed by atoms with Crippen LogP contribution in [0, 0.1) is 0 Å². The van der Waals surface area contributed by atoms with E-state index in [-0.39, 0.29) is 36.4 Å². The molecule has 3 N–H and O–H groups in total. The molecule has 3 saturated heterocycles. The molecule has 0 spiro atoms. The maximum absolute atomic E-state index is 13.4. The van der Waals surface area contributed by atoms with Gasteiger partial charge in [-0.2, -0.15) is 4.98 Å². The fourth-order valence-corrected chi connectivity index (χ4v) is 10.8. The van der Waals surface area contributed by atoms with Crippen molar-refractivity contribution >= 4 is 88.3 Å². The molecule has 61 heavy (non-hydrogen) atoms. The number of aromatic nitrogens is 2. The Labute approximate surface area is 364 Å². The minimum Gasteiger partial charge on any atom is -0.494 e. The predicted octanol–water partition coefficient (Wildman–Crippen LogP) is 5.54. The highest BCUT2D eigenvalue weighted by atomic mass is 35.5. The molecule has 0 radical (unpaired) electrons. The quantitative estimate of drug-likeness (QED) is 0.0923. The van der Waals surface area contributed by atoms with Crippen molar-refractivity contribution in [3.8, 4) is 5.75 Å². The number of benzene rings is 3. The number of nitrogens with zero attached hydrogens (tertiary/aromatic N) is 6. The summed E-state index contributed by atoms with van der Waals surface area (Å²) < 4.78 is 18.7. The zero-order valence-electron chi connectivity index (χ0n) is 34.4. The molecule has 3 fully saturated rings. The van der Waals surface area contributed by atoms with Crippen LogP contribution >= 0.6 is 30.5 Å². The molecule has 4 aliphatic heterocycles. The first-order chi connectivity index (χ1) is 29.4. The normalized spacial score (nSPS) is 18.9. The molecule has 5 heterocycles. The number of hydrogen-bond acceptors (Lipinski definition) is 13. The highest BCUT2D eigenvalue weighted by Crippen LogP contribution is 2.40. The molecule has 1 atom stereocenters. The third kappa shape index (κ3) is 9.37. The van der Waals surface area contributed by atoms with E-state index in [2.05, 4.69) is 41.8 Å². The smallest absolute Gasteiger partial charge is 0.255 e. The number of fused-ring (bicyclic) bond motifs is 1. The number of thioether (sulfide) groups is 1. The van der Waals surface area contributed by atoms with E-state index in [0.717, 1.165) is 55.2 Å². The summed E-state index contributed by atoms with van der Waals surface area (Å²) in [7, 11) is -0.926. The van der Waals surface area contributed by atoms with Crippen LogP contribution in [0.15, 0.2) is 71.8 Å². The van der Waals surface area contributed by atoms with E-state index in [1.165, 1.54) is 18.0 Å². The van der Waals surface area contributed by atoms with E-state index in [1.54, 1.807) is 31.4 Å². The van der Waals surface area contributed by atoms with Gasteiger partial charge in [-0.25, -0.2) is 4.98 Å². The Morgan fingerprint density at radius 2 is 1.72 bits per heavy atom. The first kappa shape index (κ1) is 42.5. The minimum absolute atomic E-state index is 0.0712. The Kier molecular flexibility index (Phi) is 12.6. The van der Waals surface area contributed by atoms with E-state index in [9.17, 15) is 23.7 Å². The number of carbonyl (C=O) groups excluding carboxylic acids is 4. The van der Waals surface area contributed by atoms with Gasteiger partial charge < -0.3 is 34.6 Å². The maximum atomic E-state index is 13.4. The Morgan fingerprint density at radius 3 is 2.46 bits per heavy atom. The molecule has 8 rings (SSSR count). The topological polar surface area (TPSA) is 169 Å². The van der Waals surface area contributed by atoms with Crippen molar-refractivity contribution in [1.29, 1.82) is 0 Å². The summed E-state index contributed by atoms with van der Waals surface area (Å²) in [6, 6.07) is 18.7. The second kappa shape index (κ2) is 18.1. The van der Waals surface area contributed by atoms with Gasteiger partial charge in [0.25, 0.3) is 5.91 Å². The third-order valence-electron chi connectivity index (χ3n) is 11.8. The highest BCUT2D eigenvalue weighted by Gasteiger charge is 2.40. The van der Waals surface area contributed by atoms with Gasteiger partial charge in [0, 0.05) is 85.8 Å². The standard InChI is InChI=1S/C43H49ClN9O6PS/c1-59-35-23-28(11-12-32(35)47-43-45-24-31(44)40(49-43)46-33-8-4-5-9-36(33)60(2,3)58)50-17-15-27(16-18-50)51-19-21-52(22-20-51)39(55)26-61-37-10-6-7-29-30(37)25-53(42(29)57)34-13-14-38(54)48-41(34)56/h4-12,23-24,27,34H,13-22,25-26H2,1-3H3,(H,48,54,56)(H2,45,46,47,49). The van der Waals surface area contributed by atoms with Crippen LogP contribution in [-0.2, 0) is 25.5 Å². The molecule has 320 valence electrons. The molecular formula is C43H49ClN9O6PS. The lowest BCUT2D eigenvalue weighted by molar-refractivity contribution is -0.137. The zero-order chi connectivity index (χ0) is 42.8. The fraction of sp³-hybridized carbons (Fsp3) is 0.395. The molecule has 0 aliphatic carbocycles. The Balaban J connectivity index is 0.813. The number of anilines is 5. The number of amides is 4. The van der Waals surface area contributed by atoms with E-state index in [4.69, 9.17) is 16.3 Å². The van der Waals surface area contributed by atoms with Crippen molar-refractivity contribution in [3.63, 3.8) is 0 Å². The van der Waals surface area contributed by atoms with Gasteiger partial charge in [-0.05, 0) is 74.6 Å². The van der Waals surface area contributed by atoms with Gasteiger partial charge in [-0.15, -0.1) is 11.8 Å². The summed E-state index contributed by atoms with van der Waals surface area (Å²) in [5.41, 5.74) is 3.82. The van der Waals surface area contributed by atoms with Crippen molar-refractivity contribution in [1.82, 2.24) is 30.0 Å². The molecule has 1 aromatic heterocycles. The number of para-hydroxylation sites is 1. The minimum atomic E-state index is -2.56. The predicted molar refractivity (Wildman–Crippen MR) is 239 cm³/mol. The second-order valence-electron chi connectivity index (χ2n) is 16.0. The van der Waals surface area contributed by atoms with Crippen LogP contribution in [-0.4, -0.2) is 126 Å². The molecule has 15 nitrogen and oxygen atoms in total. The van der Waals surface area contributed by atoms with Crippen LogP contribution in [0.4, 0.5) is 28.8 Å². The number of halogens is 1. The van der Waals surface area contributed by atoms with Crippen LogP contribution in [0.2, 0.25) is 5.02 Å². The summed E-state index contributed by atoms with van der Waals surface area (Å²) in [6.45, 7) is 8.49. The van der Waals surface area contributed by atoms with Crippen LogP contribution < -0.4 is 30.9 Å². The van der Waals surface area contributed by atoms with Crippen LogP contribution in [0.5, 0.6) is 5.75 Å². The molecule has 0 saturated carbocycles. The van der Waals surface area contributed by atoms with Gasteiger partial charge in [-0.1, -0.05) is 29.8 Å². The first-order valence-electron chi connectivity index (χ1n) is 20.4. The third-order valence-corrected chi connectivity index (χ3v) is 14.7. The number of carbonyl (C=O) groups is 4. The van der Waals surface area contributed by atoms with Crippen molar-refractivity contribution in [2.75, 3.05) is 81.0 Å². The molecule has 3 aromatic carbocycles. The average Bonchev–Trinajstić information content (AvgIpc) is 3.60. The van der Waals surface area contributed by atoms with E-state index in [1.807, 2.05) is 53.4 Å². The fourth-order valence-electron chi connectivity index (χ4n) is 8.54. The summed E-state index contributed by atoms with van der Waals surface area (Å²) >= 11 is 7.91. The lowest BCUT2D eigenvalue weighted by Gasteiger charge is -2.43. The second-order valence-corrected chi connectivity index (χ2v) is 20.6. The van der Waals surface area contributed by atoms with Gasteiger partial charge in [-0.3, -0.25) is 29.4 Å². The average molecular weight is 886 g/mol.